The van der Waals surface area contributed by atoms with Crippen LogP contribution in [0.4, 0.5) is 4.39 Å². The highest BCUT2D eigenvalue weighted by atomic mass is 19.1. The zero-order chi connectivity index (χ0) is 25.9. The molecule has 0 radical (unpaired) electrons. The van der Waals surface area contributed by atoms with Gasteiger partial charge in [-0.2, -0.15) is 0 Å². The molecule has 1 N–H and O–H groups in total. The van der Waals surface area contributed by atoms with Crippen molar-refractivity contribution in [3.05, 3.63) is 35.4 Å². The van der Waals surface area contributed by atoms with E-state index in [0.29, 0.717) is 11.5 Å². The van der Waals surface area contributed by atoms with Crippen molar-refractivity contribution in [2.75, 3.05) is 46.5 Å². The number of piperidine rings is 1. The molecular weight excluding hydrogens is 477 g/mol. The van der Waals surface area contributed by atoms with Gasteiger partial charge in [-0.25, -0.2) is 4.39 Å². The average Bonchev–Trinajstić information content (AvgIpc) is 3.66. The molecule has 1 aromatic rings. The molecule has 3 aliphatic heterocycles. The Morgan fingerprint density at radius 1 is 1.14 bits per heavy atom. The number of halogens is 1. The summed E-state index contributed by atoms with van der Waals surface area (Å²) in [6.07, 6.45) is 3.49. The zero-order valence-electron chi connectivity index (χ0n) is 21.6. The Morgan fingerprint density at radius 3 is 2.51 bits per heavy atom. The lowest BCUT2D eigenvalue weighted by Crippen LogP contribution is -2.54. The van der Waals surface area contributed by atoms with Crippen molar-refractivity contribution in [1.29, 1.82) is 0 Å². The van der Waals surface area contributed by atoms with Gasteiger partial charge in [0, 0.05) is 19.2 Å². The highest BCUT2D eigenvalue weighted by Gasteiger charge is 2.54. The quantitative estimate of drug-likeness (QED) is 0.572. The Kier molecular flexibility index (Phi) is 8.21. The summed E-state index contributed by atoms with van der Waals surface area (Å²) in [5.74, 6) is -0.505. The van der Waals surface area contributed by atoms with Crippen LogP contribution in [-0.2, 0) is 19.1 Å². The number of ether oxygens (including phenoxy) is 2. The molecule has 202 valence electrons. The molecule has 37 heavy (non-hydrogen) atoms. The lowest BCUT2D eigenvalue weighted by molar-refractivity contribution is -0.139. The minimum atomic E-state index is -1.39. The number of likely N-dealkylation sites (tertiary alicyclic amines) is 2. The second kappa shape index (κ2) is 11.6. The molecule has 5 rings (SSSR count). The summed E-state index contributed by atoms with van der Waals surface area (Å²) in [6.45, 7) is 3.43. The number of methoxy groups -OCH3 is 1. The predicted octanol–water partition coefficient (Wildman–Crippen LogP) is 2.32. The van der Waals surface area contributed by atoms with E-state index in [0.717, 1.165) is 64.8 Å². The van der Waals surface area contributed by atoms with Crippen LogP contribution in [0.1, 0.15) is 60.4 Å². The predicted molar refractivity (Wildman–Crippen MR) is 135 cm³/mol. The maximum absolute atomic E-state index is 14.5. The lowest BCUT2D eigenvalue weighted by atomic mass is 9.89. The molecule has 0 aromatic heterocycles. The van der Waals surface area contributed by atoms with Gasteiger partial charge in [0.15, 0.2) is 5.78 Å². The molecule has 4 aliphatic rings. The van der Waals surface area contributed by atoms with Crippen LogP contribution in [0.25, 0.3) is 0 Å². The third kappa shape index (κ3) is 5.59. The van der Waals surface area contributed by atoms with Crippen LogP contribution in [0.15, 0.2) is 24.3 Å². The molecule has 0 spiro atoms. The normalized spacial score (nSPS) is 28.0. The third-order valence-electron chi connectivity index (χ3n) is 8.67. The van der Waals surface area contributed by atoms with E-state index >= 15 is 0 Å². The number of Topliss-reactive ketones (excluding diaryl/α,β-unsaturated/α-hetero) is 1. The molecule has 0 bridgehead atoms. The molecule has 8 nitrogen and oxygen atoms in total. The van der Waals surface area contributed by atoms with Crippen molar-refractivity contribution in [2.45, 2.75) is 68.8 Å². The molecule has 4 atom stereocenters. The van der Waals surface area contributed by atoms with Gasteiger partial charge in [-0.3, -0.25) is 14.4 Å². The number of nitrogens with one attached hydrogen (secondary N) is 1. The molecule has 3 saturated heterocycles. The van der Waals surface area contributed by atoms with Gasteiger partial charge in [-0.1, -0.05) is 25.0 Å². The van der Waals surface area contributed by atoms with E-state index in [4.69, 9.17) is 9.47 Å². The van der Waals surface area contributed by atoms with Crippen molar-refractivity contribution in [3.63, 3.8) is 0 Å². The number of benzene rings is 1. The molecule has 4 fully saturated rings. The van der Waals surface area contributed by atoms with E-state index in [1.807, 2.05) is 24.3 Å². The van der Waals surface area contributed by atoms with E-state index in [2.05, 4.69) is 10.2 Å². The van der Waals surface area contributed by atoms with Crippen molar-refractivity contribution in [3.8, 4) is 0 Å². The van der Waals surface area contributed by atoms with E-state index in [-0.39, 0.29) is 36.7 Å². The molecule has 9 heteroatoms. The minimum Gasteiger partial charge on any atom is -0.383 e. The second-order valence-corrected chi connectivity index (χ2v) is 10.9. The van der Waals surface area contributed by atoms with Crippen LogP contribution < -0.4 is 5.32 Å². The van der Waals surface area contributed by atoms with Gasteiger partial charge in [0.25, 0.3) is 5.91 Å². The second-order valence-electron chi connectivity index (χ2n) is 10.9. The van der Waals surface area contributed by atoms with Gasteiger partial charge < -0.3 is 24.6 Å². The monoisotopic (exact) mass is 515 g/mol. The highest BCUT2D eigenvalue weighted by Crippen LogP contribution is 2.34. The first kappa shape index (κ1) is 26.3. The molecule has 1 aromatic carbocycles. The van der Waals surface area contributed by atoms with Crippen molar-refractivity contribution < 1.29 is 28.2 Å². The first-order valence-electron chi connectivity index (χ1n) is 13.7. The van der Waals surface area contributed by atoms with Crippen molar-refractivity contribution in [2.24, 2.45) is 5.92 Å². The molecule has 1 aliphatic carbocycles. The number of hydrogen-bond acceptors (Lipinski definition) is 6. The van der Waals surface area contributed by atoms with Crippen LogP contribution in [0, 0.1) is 5.92 Å². The summed E-state index contributed by atoms with van der Waals surface area (Å²) >= 11 is 0. The fourth-order valence-electron chi connectivity index (χ4n) is 6.52. The Balaban J connectivity index is 1.24. The Morgan fingerprint density at radius 2 is 1.84 bits per heavy atom. The highest BCUT2D eigenvalue weighted by molar-refractivity contribution is 5.99. The minimum absolute atomic E-state index is 0.0199. The van der Waals surface area contributed by atoms with Crippen molar-refractivity contribution in [1.82, 2.24) is 15.1 Å². The van der Waals surface area contributed by atoms with Crippen molar-refractivity contribution >= 4 is 17.6 Å². The number of alkyl halides is 1. The number of nitrogens with zero attached hydrogens (tertiary/aromatic N) is 2. The van der Waals surface area contributed by atoms with Crippen LogP contribution >= 0.6 is 0 Å². The summed E-state index contributed by atoms with van der Waals surface area (Å²) < 4.78 is 25.0. The van der Waals surface area contributed by atoms with E-state index in [1.165, 1.54) is 10.5 Å². The molecule has 3 heterocycles. The standard InChI is InChI=1S/C28H38FN3O5/c1-36-15-14-31-12-10-19(11-13-31)18-6-8-21(9-7-18)27(34)30-24(20-4-2-3-5-20)28(35)32-16-22(29)26-25(32)23(33)17-37-26/h6-9,19-20,22,24-26H,2-5,10-17H2,1H3,(H,30,34)/t22-,24-,25+,26+/m0/s1. The van der Waals surface area contributed by atoms with Gasteiger partial charge in [0.2, 0.25) is 5.91 Å². The summed E-state index contributed by atoms with van der Waals surface area (Å²) in [6, 6.07) is 6.04. The zero-order valence-corrected chi connectivity index (χ0v) is 21.6. The Labute approximate surface area is 217 Å². The number of fused-ring (bicyclic) bond motifs is 1. The van der Waals surface area contributed by atoms with Crippen LogP contribution in [0.5, 0.6) is 0 Å². The number of carbonyl (C=O) groups is 3. The fraction of sp³-hybridized carbons (Fsp3) is 0.679. The van der Waals surface area contributed by atoms with Crippen LogP contribution in [0.2, 0.25) is 0 Å². The van der Waals surface area contributed by atoms with Gasteiger partial charge >= 0.3 is 0 Å². The van der Waals surface area contributed by atoms with E-state index in [9.17, 15) is 18.8 Å². The first-order chi connectivity index (χ1) is 18.0. The Bertz CT molecular complexity index is 975. The number of carbonyl (C=O) groups excluding carboxylic acids is 3. The Hall–Kier alpha value is -2.36. The molecular formula is C28H38FN3O5. The fourth-order valence-corrected chi connectivity index (χ4v) is 6.52. The number of amides is 2. The topological polar surface area (TPSA) is 88.2 Å². The van der Waals surface area contributed by atoms with E-state index < -0.39 is 24.4 Å². The first-order valence-corrected chi connectivity index (χ1v) is 13.7. The van der Waals surface area contributed by atoms with Gasteiger partial charge in [-0.15, -0.1) is 0 Å². The van der Waals surface area contributed by atoms with Crippen LogP contribution in [-0.4, -0.2) is 98.3 Å². The average molecular weight is 516 g/mol. The summed E-state index contributed by atoms with van der Waals surface area (Å²) in [7, 11) is 1.73. The molecule has 1 saturated carbocycles. The smallest absolute Gasteiger partial charge is 0.251 e. The lowest BCUT2D eigenvalue weighted by Gasteiger charge is -2.32. The number of ketones is 1. The van der Waals surface area contributed by atoms with E-state index in [1.54, 1.807) is 7.11 Å². The number of hydrogen-bond donors (Lipinski definition) is 1. The maximum Gasteiger partial charge on any atom is 0.251 e. The maximum atomic E-state index is 14.5. The summed E-state index contributed by atoms with van der Waals surface area (Å²) in [4.78, 5) is 42.9. The summed E-state index contributed by atoms with van der Waals surface area (Å²) in [5, 5.41) is 2.96. The number of rotatable bonds is 8. The van der Waals surface area contributed by atoms with Crippen LogP contribution in [0.3, 0.4) is 0 Å². The van der Waals surface area contributed by atoms with Gasteiger partial charge in [-0.05, 0) is 68.3 Å². The SMILES string of the molecule is COCCN1CCC(c2ccc(C(=O)N[C@H](C(=O)N3C[C@H](F)[C@H]4OCC(=O)[C@H]43)C3CCCC3)cc2)CC1. The summed E-state index contributed by atoms with van der Waals surface area (Å²) in [5.41, 5.74) is 1.73. The largest absolute Gasteiger partial charge is 0.383 e. The molecule has 2 amide bonds. The van der Waals surface area contributed by atoms with Gasteiger partial charge in [0.1, 0.15) is 31.0 Å². The van der Waals surface area contributed by atoms with Gasteiger partial charge in [0.05, 0.1) is 13.2 Å². The third-order valence-corrected chi connectivity index (χ3v) is 8.67. The molecule has 0 unspecified atom stereocenters.